The number of amides is 2. The van der Waals surface area contributed by atoms with E-state index in [-0.39, 0.29) is 37.6 Å². The molecule has 0 aromatic heterocycles. The largest absolute Gasteiger partial charge is 0.469 e. The van der Waals surface area contributed by atoms with Gasteiger partial charge in [-0.3, -0.25) is 4.79 Å². The number of ether oxygens (including phenoxy) is 1. The molecule has 20 heavy (non-hydrogen) atoms. The van der Waals surface area contributed by atoms with Crippen molar-refractivity contribution in [2.45, 2.75) is 57.6 Å². The monoisotopic (exact) mass is 286 g/mol. The van der Waals surface area contributed by atoms with Gasteiger partial charge in [-0.1, -0.05) is 19.3 Å². The number of aliphatic hydroxyl groups excluding tert-OH is 1. The summed E-state index contributed by atoms with van der Waals surface area (Å²) >= 11 is 0. The Morgan fingerprint density at radius 1 is 1.35 bits per heavy atom. The van der Waals surface area contributed by atoms with Crippen molar-refractivity contribution in [3.05, 3.63) is 0 Å². The van der Waals surface area contributed by atoms with Gasteiger partial charge in [-0.05, 0) is 19.8 Å². The lowest BCUT2D eigenvalue weighted by Gasteiger charge is -2.29. The highest BCUT2D eigenvalue weighted by Gasteiger charge is 2.21. The Kier molecular flexibility index (Phi) is 7.36. The minimum absolute atomic E-state index is 0.140. The molecule has 0 aliphatic heterocycles. The molecular formula is C14H26N2O4. The van der Waals surface area contributed by atoms with Crippen LogP contribution < -0.4 is 5.32 Å². The predicted molar refractivity (Wildman–Crippen MR) is 75.3 cm³/mol. The summed E-state index contributed by atoms with van der Waals surface area (Å²) in [4.78, 5) is 24.9. The van der Waals surface area contributed by atoms with Crippen LogP contribution in [0, 0.1) is 0 Å². The van der Waals surface area contributed by atoms with Crippen LogP contribution in [0.5, 0.6) is 0 Å². The Labute approximate surface area is 120 Å². The summed E-state index contributed by atoms with van der Waals surface area (Å²) in [5.41, 5.74) is 0. The molecule has 1 rings (SSSR count). The number of carbonyl (C=O) groups excluding carboxylic acids is 2. The van der Waals surface area contributed by atoms with Crippen molar-refractivity contribution >= 4 is 12.0 Å². The summed E-state index contributed by atoms with van der Waals surface area (Å²) in [6.45, 7) is 2.10. The van der Waals surface area contributed by atoms with E-state index in [1.165, 1.54) is 18.4 Å². The smallest absolute Gasteiger partial charge is 0.317 e. The summed E-state index contributed by atoms with van der Waals surface area (Å²) in [5, 5.41) is 12.5. The Bertz CT molecular complexity index is 314. The van der Waals surface area contributed by atoms with Crippen molar-refractivity contribution < 1.29 is 19.4 Å². The van der Waals surface area contributed by atoms with Crippen molar-refractivity contribution in [1.82, 2.24) is 10.2 Å². The maximum Gasteiger partial charge on any atom is 0.317 e. The molecule has 2 N–H and O–H groups in total. The predicted octanol–water partition coefficient (Wildman–Crippen LogP) is 1.27. The van der Waals surface area contributed by atoms with Crippen LogP contribution in [-0.2, 0) is 9.53 Å². The Balaban J connectivity index is 2.47. The second-order valence-electron chi connectivity index (χ2n) is 5.41. The Morgan fingerprint density at radius 3 is 2.55 bits per heavy atom. The van der Waals surface area contributed by atoms with E-state index in [1.807, 2.05) is 0 Å². The zero-order valence-electron chi connectivity index (χ0n) is 12.4. The molecule has 0 bridgehead atoms. The Morgan fingerprint density at radius 2 is 2.00 bits per heavy atom. The quantitative estimate of drug-likeness (QED) is 0.721. The van der Waals surface area contributed by atoms with Crippen LogP contribution >= 0.6 is 0 Å². The van der Waals surface area contributed by atoms with Crippen molar-refractivity contribution in [3.8, 4) is 0 Å². The number of carbonyl (C=O) groups is 2. The lowest BCUT2D eigenvalue weighted by Crippen LogP contribution is -2.48. The van der Waals surface area contributed by atoms with Gasteiger partial charge in [-0.15, -0.1) is 0 Å². The van der Waals surface area contributed by atoms with E-state index in [4.69, 9.17) is 0 Å². The third kappa shape index (κ3) is 6.23. The van der Waals surface area contributed by atoms with E-state index in [2.05, 4.69) is 10.1 Å². The van der Waals surface area contributed by atoms with Crippen molar-refractivity contribution in [2.24, 2.45) is 0 Å². The van der Waals surface area contributed by atoms with Gasteiger partial charge in [0, 0.05) is 19.1 Å². The number of nitrogens with one attached hydrogen (secondary N) is 1. The first-order valence-electron chi connectivity index (χ1n) is 7.33. The molecule has 0 aromatic carbocycles. The molecule has 6 nitrogen and oxygen atoms in total. The SMILES string of the molecule is COC(=O)CCN(CC(C)O)C(=O)NC1CCCCC1. The van der Waals surface area contributed by atoms with Crippen molar-refractivity contribution in [1.29, 1.82) is 0 Å². The average molecular weight is 286 g/mol. The third-order valence-electron chi connectivity index (χ3n) is 3.52. The summed E-state index contributed by atoms with van der Waals surface area (Å²) in [6.07, 6.45) is 5.04. The van der Waals surface area contributed by atoms with Crippen molar-refractivity contribution in [2.75, 3.05) is 20.2 Å². The van der Waals surface area contributed by atoms with E-state index in [1.54, 1.807) is 6.92 Å². The molecule has 1 saturated carbocycles. The molecule has 1 aliphatic carbocycles. The summed E-state index contributed by atoms with van der Waals surface area (Å²) < 4.78 is 4.58. The van der Waals surface area contributed by atoms with Gasteiger partial charge in [0.05, 0.1) is 19.6 Å². The van der Waals surface area contributed by atoms with E-state index in [9.17, 15) is 14.7 Å². The fourth-order valence-electron chi connectivity index (χ4n) is 2.44. The molecule has 6 heteroatoms. The van der Waals surface area contributed by atoms with Crippen molar-refractivity contribution in [3.63, 3.8) is 0 Å². The van der Waals surface area contributed by atoms with Gasteiger partial charge in [0.2, 0.25) is 0 Å². The third-order valence-corrected chi connectivity index (χ3v) is 3.52. The zero-order chi connectivity index (χ0) is 15.0. The van der Waals surface area contributed by atoms with Gasteiger partial charge in [-0.25, -0.2) is 4.79 Å². The van der Waals surface area contributed by atoms with E-state index in [0.717, 1.165) is 25.7 Å². The molecule has 0 heterocycles. The molecule has 0 spiro atoms. The fourth-order valence-corrected chi connectivity index (χ4v) is 2.44. The first-order valence-corrected chi connectivity index (χ1v) is 7.33. The number of nitrogens with zero attached hydrogens (tertiary/aromatic N) is 1. The van der Waals surface area contributed by atoms with Gasteiger partial charge >= 0.3 is 12.0 Å². The van der Waals surface area contributed by atoms with Crippen LogP contribution in [0.1, 0.15) is 45.4 Å². The number of rotatable bonds is 6. The van der Waals surface area contributed by atoms with Crippen LogP contribution in [0.3, 0.4) is 0 Å². The van der Waals surface area contributed by atoms with Crippen LogP contribution in [0.2, 0.25) is 0 Å². The van der Waals surface area contributed by atoms with Crippen LogP contribution in [0.15, 0.2) is 0 Å². The summed E-state index contributed by atoms with van der Waals surface area (Å²) in [5.74, 6) is -0.356. The minimum atomic E-state index is -0.621. The fraction of sp³-hybridized carbons (Fsp3) is 0.857. The minimum Gasteiger partial charge on any atom is -0.469 e. The molecule has 0 aromatic rings. The number of methoxy groups -OCH3 is 1. The topological polar surface area (TPSA) is 78.9 Å². The van der Waals surface area contributed by atoms with E-state index < -0.39 is 6.10 Å². The number of aliphatic hydroxyl groups is 1. The first-order chi connectivity index (χ1) is 9.52. The highest BCUT2D eigenvalue weighted by Crippen LogP contribution is 2.17. The highest BCUT2D eigenvalue weighted by atomic mass is 16.5. The standard InChI is InChI=1S/C14H26N2O4/c1-11(17)10-16(9-8-13(18)20-2)14(19)15-12-6-4-3-5-7-12/h11-12,17H,3-10H2,1-2H3,(H,15,19). The molecule has 116 valence electrons. The molecule has 0 saturated heterocycles. The molecule has 1 aliphatic rings. The second kappa shape index (κ2) is 8.79. The molecular weight excluding hydrogens is 260 g/mol. The number of hydrogen-bond donors (Lipinski definition) is 2. The molecule has 1 unspecified atom stereocenters. The number of hydrogen-bond acceptors (Lipinski definition) is 4. The first kappa shape index (κ1) is 16.8. The maximum absolute atomic E-state index is 12.2. The van der Waals surface area contributed by atoms with Crippen LogP contribution in [0.4, 0.5) is 4.79 Å². The molecule has 0 radical (unpaired) electrons. The van der Waals surface area contributed by atoms with Crippen LogP contribution in [-0.4, -0.2) is 54.4 Å². The van der Waals surface area contributed by atoms with Crippen LogP contribution in [0.25, 0.3) is 0 Å². The number of urea groups is 1. The molecule has 1 atom stereocenters. The van der Waals surface area contributed by atoms with E-state index >= 15 is 0 Å². The van der Waals surface area contributed by atoms with Gasteiger partial charge < -0.3 is 20.1 Å². The van der Waals surface area contributed by atoms with Gasteiger partial charge in [0.1, 0.15) is 0 Å². The zero-order valence-corrected chi connectivity index (χ0v) is 12.4. The van der Waals surface area contributed by atoms with Gasteiger partial charge in [0.15, 0.2) is 0 Å². The number of esters is 1. The maximum atomic E-state index is 12.2. The Hall–Kier alpha value is -1.30. The lowest BCUT2D eigenvalue weighted by atomic mass is 9.96. The second-order valence-corrected chi connectivity index (χ2v) is 5.41. The molecule has 2 amide bonds. The van der Waals surface area contributed by atoms with E-state index in [0.29, 0.717) is 0 Å². The molecule has 1 fully saturated rings. The lowest BCUT2D eigenvalue weighted by molar-refractivity contribution is -0.140. The highest BCUT2D eigenvalue weighted by molar-refractivity contribution is 5.76. The van der Waals surface area contributed by atoms with Gasteiger partial charge in [0.25, 0.3) is 0 Å². The summed E-state index contributed by atoms with van der Waals surface area (Å²) in [6, 6.07) is 0.00702. The average Bonchev–Trinajstić information content (AvgIpc) is 2.43. The normalized spacial score (nSPS) is 17.4. The summed E-state index contributed by atoms with van der Waals surface area (Å²) in [7, 11) is 1.32. The van der Waals surface area contributed by atoms with Gasteiger partial charge in [-0.2, -0.15) is 0 Å².